The fourth-order valence-corrected chi connectivity index (χ4v) is 3.53. The van der Waals surface area contributed by atoms with Crippen molar-refractivity contribution in [2.24, 2.45) is 5.92 Å². The second-order valence-corrected chi connectivity index (χ2v) is 6.04. The van der Waals surface area contributed by atoms with Crippen LogP contribution >= 0.6 is 11.3 Å². The van der Waals surface area contributed by atoms with Gasteiger partial charge in [0, 0.05) is 6.42 Å². The summed E-state index contributed by atoms with van der Waals surface area (Å²) in [6.45, 7) is 2.26. The first-order chi connectivity index (χ1) is 7.72. The average Bonchev–Trinajstić information content (AvgIpc) is 2.74. The monoisotopic (exact) mass is 238 g/mol. The lowest BCUT2D eigenvalue weighted by Gasteiger charge is -2.36. The zero-order valence-electron chi connectivity index (χ0n) is 10.1. The Labute approximate surface area is 103 Å². The van der Waals surface area contributed by atoms with Crippen LogP contribution in [0.15, 0.2) is 16.8 Å². The highest BCUT2D eigenvalue weighted by Gasteiger charge is 2.32. The summed E-state index contributed by atoms with van der Waals surface area (Å²) < 4.78 is 0. The third-order valence-electron chi connectivity index (χ3n) is 3.85. The summed E-state index contributed by atoms with van der Waals surface area (Å²) in [6.07, 6.45) is 7.90. The van der Waals surface area contributed by atoms with Gasteiger partial charge in [-0.1, -0.05) is 19.8 Å². The van der Waals surface area contributed by atoms with Crippen molar-refractivity contribution >= 4 is 11.3 Å². The van der Waals surface area contributed by atoms with Gasteiger partial charge in [0.25, 0.3) is 0 Å². The summed E-state index contributed by atoms with van der Waals surface area (Å²) >= 11 is 1.72. The molecule has 0 unspecified atom stereocenters. The highest BCUT2D eigenvalue weighted by atomic mass is 32.1. The van der Waals surface area contributed by atoms with E-state index in [9.17, 15) is 5.11 Å². The summed E-state index contributed by atoms with van der Waals surface area (Å²) in [4.78, 5) is 0. The highest BCUT2D eigenvalue weighted by molar-refractivity contribution is 7.07. The standard InChI is InChI=1S/C14H22OS/c1-2-3-12-4-7-14(15,8-5-12)10-13-6-9-16-11-13/h6,9,11-12,15H,2-5,7-8,10H2,1H3. The summed E-state index contributed by atoms with van der Waals surface area (Å²) in [6, 6.07) is 2.14. The molecule has 1 N–H and O–H groups in total. The van der Waals surface area contributed by atoms with Crippen LogP contribution in [0.4, 0.5) is 0 Å². The molecule has 0 amide bonds. The lowest BCUT2D eigenvalue weighted by molar-refractivity contribution is -0.00979. The molecule has 1 heterocycles. The van der Waals surface area contributed by atoms with Gasteiger partial charge in [0.05, 0.1) is 5.60 Å². The highest BCUT2D eigenvalue weighted by Crippen LogP contribution is 2.36. The van der Waals surface area contributed by atoms with Crippen LogP contribution in [0, 0.1) is 5.92 Å². The zero-order valence-corrected chi connectivity index (χ0v) is 10.9. The summed E-state index contributed by atoms with van der Waals surface area (Å²) in [5.74, 6) is 0.868. The van der Waals surface area contributed by atoms with Gasteiger partial charge in [0.2, 0.25) is 0 Å². The van der Waals surface area contributed by atoms with Crippen molar-refractivity contribution in [1.29, 1.82) is 0 Å². The molecule has 0 bridgehead atoms. The van der Waals surface area contributed by atoms with Crippen molar-refractivity contribution in [2.75, 3.05) is 0 Å². The minimum atomic E-state index is -0.411. The molecule has 0 aromatic carbocycles. The van der Waals surface area contributed by atoms with Crippen LogP contribution in [0.3, 0.4) is 0 Å². The Morgan fingerprint density at radius 3 is 2.75 bits per heavy atom. The van der Waals surface area contributed by atoms with E-state index in [1.807, 2.05) is 0 Å². The van der Waals surface area contributed by atoms with Crippen molar-refractivity contribution in [3.05, 3.63) is 22.4 Å². The van der Waals surface area contributed by atoms with Gasteiger partial charge in [-0.3, -0.25) is 0 Å². The number of rotatable bonds is 4. The smallest absolute Gasteiger partial charge is 0.0688 e. The van der Waals surface area contributed by atoms with E-state index in [4.69, 9.17) is 0 Å². The Balaban J connectivity index is 1.86. The molecule has 2 rings (SSSR count). The van der Waals surface area contributed by atoms with Crippen LogP contribution in [0.2, 0.25) is 0 Å². The molecule has 90 valence electrons. The van der Waals surface area contributed by atoms with Crippen molar-refractivity contribution in [1.82, 2.24) is 0 Å². The molecule has 1 nitrogen and oxygen atoms in total. The van der Waals surface area contributed by atoms with E-state index in [-0.39, 0.29) is 0 Å². The van der Waals surface area contributed by atoms with Crippen molar-refractivity contribution < 1.29 is 5.11 Å². The predicted octanol–water partition coefficient (Wildman–Crippen LogP) is 4.01. The van der Waals surface area contributed by atoms with Crippen LogP contribution in [0.5, 0.6) is 0 Å². The largest absolute Gasteiger partial charge is 0.390 e. The zero-order chi connectivity index (χ0) is 11.4. The van der Waals surface area contributed by atoms with Crippen LogP contribution in [0.25, 0.3) is 0 Å². The molecule has 0 radical (unpaired) electrons. The summed E-state index contributed by atoms with van der Waals surface area (Å²) in [7, 11) is 0. The van der Waals surface area contributed by atoms with Gasteiger partial charge in [-0.05, 0) is 54.0 Å². The summed E-state index contributed by atoms with van der Waals surface area (Å²) in [5, 5.41) is 14.8. The maximum absolute atomic E-state index is 10.5. The van der Waals surface area contributed by atoms with Gasteiger partial charge in [-0.25, -0.2) is 0 Å². The molecular formula is C14H22OS. The van der Waals surface area contributed by atoms with Gasteiger partial charge in [-0.2, -0.15) is 11.3 Å². The van der Waals surface area contributed by atoms with Gasteiger partial charge < -0.3 is 5.11 Å². The molecule has 1 aromatic heterocycles. The lowest BCUT2D eigenvalue weighted by Crippen LogP contribution is -2.36. The first kappa shape index (κ1) is 12.1. The number of hydrogen-bond acceptors (Lipinski definition) is 2. The molecule has 1 saturated carbocycles. The van der Waals surface area contributed by atoms with E-state index < -0.39 is 5.60 Å². The summed E-state index contributed by atoms with van der Waals surface area (Å²) in [5.41, 5.74) is 0.895. The van der Waals surface area contributed by atoms with Crippen molar-refractivity contribution in [2.45, 2.75) is 57.5 Å². The average molecular weight is 238 g/mol. The van der Waals surface area contributed by atoms with E-state index >= 15 is 0 Å². The van der Waals surface area contributed by atoms with Gasteiger partial charge in [0.15, 0.2) is 0 Å². The third-order valence-corrected chi connectivity index (χ3v) is 4.58. The van der Waals surface area contributed by atoms with E-state index in [0.717, 1.165) is 25.2 Å². The maximum atomic E-state index is 10.5. The van der Waals surface area contributed by atoms with Crippen LogP contribution < -0.4 is 0 Å². The fourth-order valence-electron chi connectivity index (χ4n) is 2.86. The minimum Gasteiger partial charge on any atom is -0.390 e. The Bertz CT molecular complexity index is 297. The second kappa shape index (κ2) is 5.33. The Morgan fingerprint density at radius 2 is 2.19 bits per heavy atom. The first-order valence-corrected chi connectivity index (χ1v) is 7.39. The van der Waals surface area contributed by atoms with Crippen LogP contribution in [-0.4, -0.2) is 10.7 Å². The fraction of sp³-hybridized carbons (Fsp3) is 0.714. The first-order valence-electron chi connectivity index (χ1n) is 6.45. The third kappa shape index (κ3) is 3.08. The van der Waals surface area contributed by atoms with Crippen LogP contribution in [-0.2, 0) is 6.42 Å². The molecule has 16 heavy (non-hydrogen) atoms. The molecule has 0 atom stereocenters. The maximum Gasteiger partial charge on any atom is 0.0688 e. The molecule has 0 saturated heterocycles. The molecule has 1 aromatic rings. The van der Waals surface area contributed by atoms with Gasteiger partial charge >= 0.3 is 0 Å². The molecule has 1 aliphatic carbocycles. The molecule has 1 fully saturated rings. The van der Waals surface area contributed by atoms with E-state index in [2.05, 4.69) is 23.8 Å². The molecule has 1 aliphatic rings. The minimum absolute atomic E-state index is 0.411. The number of aliphatic hydroxyl groups is 1. The van der Waals surface area contributed by atoms with Gasteiger partial charge in [0.1, 0.15) is 0 Å². The topological polar surface area (TPSA) is 20.2 Å². The molecule has 0 spiro atoms. The van der Waals surface area contributed by atoms with Crippen LogP contribution in [0.1, 0.15) is 51.0 Å². The molecular weight excluding hydrogens is 216 g/mol. The number of thiophene rings is 1. The van der Waals surface area contributed by atoms with Gasteiger partial charge in [-0.15, -0.1) is 0 Å². The Hall–Kier alpha value is -0.340. The van der Waals surface area contributed by atoms with E-state index in [1.54, 1.807) is 11.3 Å². The Kier molecular flexibility index (Phi) is 4.04. The lowest BCUT2D eigenvalue weighted by atomic mass is 9.75. The molecule has 0 aliphatic heterocycles. The normalized spacial score (nSPS) is 30.5. The van der Waals surface area contributed by atoms with E-state index in [0.29, 0.717) is 0 Å². The SMILES string of the molecule is CCCC1CCC(O)(Cc2ccsc2)CC1. The number of hydrogen-bond donors (Lipinski definition) is 1. The quantitative estimate of drug-likeness (QED) is 0.840. The Morgan fingerprint density at radius 1 is 1.44 bits per heavy atom. The van der Waals surface area contributed by atoms with Crippen molar-refractivity contribution in [3.63, 3.8) is 0 Å². The predicted molar refractivity (Wildman–Crippen MR) is 69.8 cm³/mol. The van der Waals surface area contributed by atoms with E-state index in [1.165, 1.54) is 31.2 Å². The molecule has 2 heteroatoms. The van der Waals surface area contributed by atoms with Crippen molar-refractivity contribution in [3.8, 4) is 0 Å². The second-order valence-electron chi connectivity index (χ2n) is 5.26.